The molecule has 0 bridgehead atoms. The molecule has 0 aliphatic heterocycles. The van der Waals surface area contributed by atoms with Gasteiger partial charge in [0, 0.05) is 20.1 Å². The molecule has 0 aliphatic carbocycles. The first-order valence-electron chi connectivity index (χ1n) is 9.22. The molecule has 6 heteroatoms. The van der Waals surface area contributed by atoms with Crippen LogP contribution in [0.15, 0.2) is 29.3 Å². The van der Waals surface area contributed by atoms with E-state index < -0.39 is 5.41 Å². The Labute approximate surface area is 157 Å². The molecule has 3 N–H and O–H groups in total. The number of carbonyl (C=O) groups is 1. The van der Waals surface area contributed by atoms with E-state index in [4.69, 9.17) is 4.74 Å². The number of carbonyl (C=O) groups excluding carboxylic acids is 1. The maximum Gasteiger partial charge on any atom is 0.227 e. The third-order valence-electron chi connectivity index (χ3n) is 4.37. The molecule has 6 nitrogen and oxygen atoms in total. The van der Waals surface area contributed by atoms with Gasteiger partial charge in [0.25, 0.3) is 0 Å². The van der Waals surface area contributed by atoms with Gasteiger partial charge in [-0.1, -0.05) is 19.1 Å². The summed E-state index contributed by atoms with van der Waals surface area (Å²) < 4.78 is 5.20. The van der Waals surface area contributed by atoms with Crippen molar-refractivity contribution in [3.63, 3.8) is 0 Å². The second-order valence-electron chi connectivity index (χ2n) is 7.05. The molecule has 26 heavy (non-hydrogen) atoms. The Morgan fingerprint density at radius 2 is 1.88 bits per heavy atom. The van der Waals surface area contributed by atoms with Gasteiger partial charge in [-0.15, -0.1) is 0 Å². The van der Waals surface area contributed by atoms with Gasteiger partial charge in [0.1, 0.15) is 5.75 Å². The van der Waals surface area contributed by atoms with Crippen LogP contribution >= 0.6 is 0 Å². The maximum absolute atomic E-state index is 11.9. The molecule has 0 radical (unpaired) electrons. The summed E-state index contributed by atoms with van der Waals surface area (Å²) in [6.45, 7) is 10.0. The minimum absolute atomic E-state index is 0.00905. The van der Waals surface area contributed by atoms with E-state index in [1.807, 2.05) is 32.9 Å². The van der Waals surface area contributed by atoms with Gasteiger partial charge in [0.05, 0.1) is 19.1 Å². The molecule has 1 unspecified atom stereocenters. The van der Waals surface area contributed by atoms with Crippen molar-refractivity contribution in [1.29, 1.82) is 0 Å². The van der Waals surface area contributed by atoms with Crippen molar-refractivity contribution in [2.75, 3.05) is 33.8 Å². The molecular formula is C20H34N4O2. The Morgan fingerprint density at radius 3 is 2.42 bits per heavy atom. The van der Waals surface area contributed by atoms with Crippen molar-refractivity contribution in [2.24, 2.45) is 10.4 Å². The van der Waals surface area contributed by atoms with Crippen molar-refractivity contribution in [1.82, 2.24) is 16.0 Å². The van der Waals surface area contributed by atoms with Gasteiger partial charge in [0.2, 0.25) is 5.91 Å². The summed E-state index contributed by atoms with van der Waals surface area (Å²) >= 11 is 0. The quantitative estimate of drug-likeness (QED) is 0.466. The summed E-state index contributed by atoms with van der Waals surface area (Å²) in [5.41, 5.74) is 0.753. The van der Waals surface area contributed by atoms with E-state index in [0.717, 1.165) is 31.2 Å². The van der Waals surface area contributed by atoms with Gasteiger partial charge in [-0.3, -0.25) is 9.79 Å². The molecule has 0 saturated carbocycles. The number of ether oxygens (including phenoxy) is 1. The topological polar surface area (TPSA) is 74.8 Å². The highest BCUT2D eigenvalue weighted by Gasteiger charge is 2.26. The van der Waals surface area contributed by atoms with E-state index in [1.54, 1.807) is 14.2 Å². The molecule has 0 spiro atoms. The summed E-state index contributed by atoms with van der Waals surface area (Å²) in [7, 11) is 3.33. The number of rotatable bonds is 9. The minimum Gasteiger partial charge on any atom is -0.497 e. The number of methoxy groups -OCH3 is 1. The van der Waals surface area contributed by atoms with Crippen LogP contribution < -0.4 is 20.7 Å². The average Bonchev–Trinajstić information content (AvgIpc) is 2.65. The molecule has 146 valence electrons. The lowest BCUT2D eigenvalue weighted by atomic mass is 9.93. The van der Waals surface area contributed by atoms with Gasteiger partial charge < -0.3 is 20.7 Å². The fraction of sp³-hybridized carbons (Fsp3) is 0.600. The van der Waals surface area contributed by atoms with Crippen molar-refractivity contribution in [2.45, 2.75) is 40.0 Å². The zero-order chi connectivity index (χ0) is 19.6. The second-order valence-corrected chi connectivity index (χ2v) is 7.05. The Morgan fingerprint density at radius 1 is 1.23 bits per heavy atom. The first-order valence-corrected chi connectivity index (χ1v) is 9.22. The summed E-state index contributed by atoms with van der Waals surface area (Å²) in [4.78, 5) is 16.4. The van der Waals surface area contributed by atoms with Crippen LogP contribution in [0.4, 0.5) is 0 Å². The highest BCUT2D eigenvalue weighted by molar-refractivity contribution is 5.83. The SMILES string of the molecule is CCNC(=NCC(C)(C)C(=O)NC)NCCC(C)c1ccc(OC)cc1. The number of nitrogens with zero attached hydrogens (tertiary/aromatic N) is 1. The lowest BCUT2D eigenvalue weighted by Crippen LogP contribution is -2.41. The predicted molar refractivity (Wildman–Crippen MR) is 108 cm³/mol. The molecule has 1 aromatic rings. The standard InChI is InChI=1S/C20H34N4O2/c1-7-22-19(24-14-20(3,4)18(25)21-5)23-13-12-15(2)16-8-10-17(26-6)11-9-16/h8-11,15H,7,12-14H2,1-6H3,(H,21,25)(H2,22,23,24). The molecule has 1 rings (SSSR count). The molecule has 0 aliphatic rings. The fourth-order valence-corrected chi connectivity index (χ4v) is 2.53. The number of benzene rings is 1. The molecule has 1 amide bonds. The third-order valence-corrected chi connectivity index (χ3v) is 4.37. The van der Waals surface area contributed by atoms with E-state index in [0.29, 0.717) is 12.5 Å². The Bertz CT molecular complexity index is 582. The van der Waals surface area contributed by atoms with Gasteiger partial charge in [-0.25, -0.2) is 0 Å². The van der Waals surface area contributed by atoms with Gasteiger partial charge in [0.15, 0.2) is 5.96 Å². The van der Waals surface area contributed by atoms with Crippen LogP contribution in [-0.4, -0.2) is 45.7 Å². The van der Waals surface area contributed by atoms with E-state index in [-0.39, 0.29) is 5.91 Å². The van der Waals surface area contributed by atoms with Gasteiger partial charge in [-0.05, 0) is 50.8 Å². The van der Waals surface area contributed by atoms with Crippen LogP contribution in [0, 0.1) is 5.41 Å². The first kappa shape index (κ1) is 21.8. The van der Waals surface area contributed by atoms with Gasteiger partial charge in [-0.2, -0.15) is 0 Å². The Balaban J connectivity index is 2.56. The van der Waals surface area contributed by atoms with Crippen LogP contribution in [0.3, 0.4) is 0 Å². The van der Waals surface area contributed by atoms with Crippen LogP contribution in [0.5, 0.6) is 5.75 Å². The van der Waals surface area contributed by atoms with Crippen LogP contribution in [0.25, 0.3) is 0 Å². The fourth-order valence-electron chi connectivity index (χ4n) is 2.53. The van der Waals surface area contributed by atoms with E-state index >= 15 is 0 Å². The van der Waals surface area contributed by atoms with Crippen molar-refractivity contribution in [3.8, 4) is 5.75 Å². The van der Waals surface area contributed by atoms with Crippen LogP contribution in [0.2, 0.25) is 0 Å². The van der Waals surface area contributed by atoms with E-state index in [9.17, 15) is 4.79 Å². The highest BCUT2D eigenvalue weighted by Crippen LogP contribution is 2.21. The lowest BCUT2D eigenvalue weighted by molar-refractivity contribution is -0.128. The van der Waals surface area contributed by atoms with Crippen molar-refractivity contribution >= 4 is 11.9 Å². The molecular weight excluding hydrogens is 328 g/mol. The van der Waals surface area contributed by atoms with E-state index in [2.05, 4.69) is 40.0 Å². The Hall–Kier alpha value is -2.24. The van der Waals surface area contributed by atoms with Crippen molar-refractivity contribution < 1.29 is 9.53 Å². The molecule has 0 saturated heterocycles. The summed E-state index contributed by atoms with van der Waals surface area (Å²) in [6.07, 6.45) is 0.982. The number of aliphatic imine (C=N–C) groups is 1. The number of amides is 1. The number of nitrogens with one attached hydrogen (secondary N) is 3. The molecule has 1 aromatic carbocycles. The Kier molecular flexibility index (Phi) is 8.96. The zero-order valence-electron chi connectivity index (χ0n) is 17.0. The number of hydrogen-bond donors (Lipinski definition) is 3. The van der Waals surface area contributed by atoms with E-state index in [1.165, 1.54) is 5.56 Å². The first-order chi connectivity index (χ1) is 12.3. The lowest BCUT2D eigenvalue weighted by Gasteiger charge is -2.21. The molecule has 0 aromatic heterocycles. The molecule has 1 atom stereocenters. The van der Waals surface area contributed by atoms with Crippen molar-refractivity contribution in [3.05, 3.63) is 29.8 Å². The number of guanidine groups is 1. The normalized spacial score (nSPS) is 13.1. The molecule has 0 heterocycles. The minimum atomic E-state index is -0.534. The largest absolute Gasteiger partial charge is 0.497 e. The summed E-state index contributed by atoms with van der Waals surface area (Å²) in [5, 5.41) is 9.27. The highest BCUT2D eigenvalue weighted by atomic mass is 16.5. The summed E-state index contributed by atoms with van der Waals surface area (Å²) in [5.74, 6) is 2.04. The molecule has 0 fully saturated rings. The maximum atomic E-state index is 11.9. The van der Waals surface area contributed by atoms with Crippen LogP contribution in [0.1, 0.15) is 45.6 Å². The summed E-state index contributed by atoms with van der Waals surface area (Å²) in [6, 6.07) is 8.20. The average molecular weight is 363 g/mol. The third kappa shape index (κ3) is 6.94. The number of hydrogen-bond acceptors (Lipinski definition) is 3. The second kappa shape index (κ2) is 10.7. The predicted octanol–water partition coefficient (Wildman–Crippen LogP) is 2.52. The van der Waals surface area contributed by atoms with Gasteiger partial charge >= 0.3 is 0 Å². The monoisotopic (exact) mass is 362 g/mol. The van der Waals surface area contributed by atoms with Crippen LogP contribution in [-0.2, 0) is 4.79 Å². The smallest absolute Gasteiger partial charge is 0.227 e. The zero-order valence-corrected chi connectivity index (χ0v) is 17.0.